The van der Waals surface area contributed by atoms with Crippen LogP contribution in [0.5, 0.6) is 0 Å². The van der Waals surface area contributed by atoms with Crippen molar-refractivity contribution in [2.24, 2.45) is 5.41 Å². The van der Waals surface area contributed by atoms with Crippen LogP contribution < -0.4 is 0 Å². The van der Waals surface area contributed by atoms with Crippen LogP contribution >= 0.6 is 0 Å². The van der Waals surface area contributed by atoms with Crippen LogP contribution in [0.1, 0.15) is 50.4 Å². The number of ketones is 1. The third kappa shape index (κ3) is 2.28. The lowest BCUT2D eigenvalue weighted by Crippen LogP contribution is -2.26. The maximum Gasteiger partial charge on any atom is 0.192 e. The van der Waals surface area contributed by atoms with Gasteiger partial charge in [-0.2, -0.15) is 0 Å². The molecule has 3 nitrogen and oxygen atoms in total. The highest BCUT2D eigenvalue weighted by atomic mass is 16.1. The fraction of sp³-hybridized carbons (Fsp3) is 0.500. The monoisotopic (exact) mass is 230 g/mol. The van der Waals surface area contributed by atoms with Crippen molar-refractivity contribution < 1.29 is 4.79 Å². The zero-order valence-corrected chi connectivity index (χ0v) is 10.7. The Balaban J connectivity index is 2.42. The van der Waals surface area contributed by atoms with E-state index >= 15 is 0 Å². The number of Topliss-reactive ketones (excluding diaryl/α,β-unsaturated/α-hetero) is 1. The third-order valence-electron chi connectivity index (χ3n) is 3.51. The lowest BCUT2D eigenvalue weighted by molar-refractivity contribution is 0.0997. The highest BCUT2D eigenvalue weighted by molar-refractivity contribution is 6.09. The molecule has 1 heterocycles. The molecule has 0 bridgehead atoms. The molecule has 1 aliphatic rings. The summed E-state index contributed by atoms with van der Waals surface area (Å²) in [4.78, 5) is 20.3. The van der Waals surface area contributed by atoms with Gasteiger partial charge in [-0.3, -0.25) is 4.79 Å². The Morgan fingerprint density at radius 3 is 2.53 bits per heavy atom. The molecule has 0 saturated carbocycles. The van der Waals surface area contributed by atoms with Crippen molar-refractivity contribution in [2.75, 3.05) is 0 Å². The van der Waals surface area contributed by atoms with Crippen molar-refractivity contribution in [1.29, 1.82) is 0 Å². The number of allylic oxidation sites excluding steroid dienone is 2. The molecule has 0 spiro atoms. The summed E-state index contributed by atoms with van der Waals surface area (Å²) < 4.78 is 0. The minimum Gasteiger partial charge on any atom is -0.289 e. The summed E-state index contributed by atoms with van der Waals surface area (Å²) >= 11 is 0. The summed E-state index contributed by atoms with van der Waals surface area (Å²) in [6.45, 7) is 6.36. The Labute approximate surface area is 102 Å². The lowest BCUT2D eigenvalue weighted by Gasteiger charge is -2.33. The van der Waals surface area contributed by atoms with Crippen LogP contribution in [-0.4, -0.2) is 15.8 Å². The van der Waals surface area contributed by atoms with Gasteiger partial charge in [-0.25, -0.2) is 9.97 Å². The lowest BCUT2D eigenvalue weighted by atomic mass is 9.70. The van der Waals surface area contributed by atoms with E-state index in [9.17, 15) is 4.79 Å². The number of aromatic nitrogens is 2. The second-order valence-corrected chi connectivity index (χ2v) is 5.35. The summed E-state index contributed by atoms with van der Waals surface area (Å²) in [5.74, 6) is 0.0906. The molecule has 0 fully saturated rings. The molecular weight excluding hydrogens is 212 g/mol. The van der Waals surface area contributed by atoms with E-state index in [1.165, 1.54) is 18.3 Å². The molecule has 0 amide bonds. The van der Waals surface area contributed by atoms with Crippen LogP contribution in [-0.2, 0) is 0 Å². The van der Waals surface area contributed by atoms with E-state index in [1.54, 1.807) is 12.4 Å². The van der Waals surface area contributed by atoms with Gasteiger partial charge in [0.15, 0.2) is 5.78 Å². The molecule has 1 aliphatic carbocycles. The Kier molecular flexibility index (Phi) is 3.09. The fourth-order valence-electron chi connectivity index (χ4n) is 2.68. The second kappa shape index (κ2) is 4.40. The standard InChI is InChI=1S/C14H18N2O/c1-10-5-4-6-14(2,3)12(10)13(17)11-7-15-9-16-8-11/h7-9H,4-6H2,1-3H3. The SMILES string of the molecule is CC1=C(C(=O)c2cncnc2)C(C)(C)CCC1. The molecule has 0 saturated heterocycles. The number of nitrogens with zero attached hydrogens (tertiary/aromatic N) is 2. The van der Waals surface area contributed by atoms with Crippen LogP contribution in [0.25, 0.3) is 0 Å². The minimum absolute atomic E-state index is 0.0325. The second-order valence-electron chi connectivity index (χ2n) is 5.35. The first kappa shape index (κ1) is 12.0. The molecule has 90 valence electrons. The van der Waals surface area contributed by atoms with Gasteiger partial charge in [-0.05, 0) is 31.6 Å². The van der Waals surface area contributed by atoms with Crippen LogP contribution in [0.2, 0.25) is 0 Å². The Hall–Kier alpha value is -1.51. The van der Waals surface area contributed by atoms with Gasteiger partial charge >= 0.3 is 0 Å². The fourth-order valence-corrected chi connectivity index (χ4v) is 2.68. The van der Waals surface area contributed by atoms with Crippen molar-refractivity contribution in [3.63, 3.8) is 0 Å². The summed E-state index contributed by atoms with van der Waals surface area (Å²) in [5.41, 5.74) is 2.74. The zero-order valence-electron chi connectivity index (χ0n) is 10.7. The van der Waals surface area contributed by atoms with E-state index in [0.29, 0.717) is 5.56 Å². The van der Waals surface area contributed by atoms with Gasteiger partial charge in [-0.1, -0.05) is 19.4 Å². The maximum absolute atomic E-state index is 12.5. The smallest absolute Gasteiger partial charge is 0.192 e. The summed E-state index contributed by atoms with van der Waals surface area (Å²) in [6, 6.07) is 0. The molecule has 17 heavy (non-hydrogen) atoms. The molecule has 0 aromatic carbocycles. The minimum atomic E-state index is -0.0325. The van der Waals surface area contributed by atoms with Gasteiger partial charge < -0.3 is 0 Å². The number of hydrogen-bond donors (Lipinski definition) is 0. The number of carbonyl (C=O) groups excluding carboxylic acids is 1. The van der Waals surface area contributed by atoms with Crippen LogP contribution in [0.15, 0.2) is 29.9 Å². The van der Waals surface area contributed by atoms with Gasteiger partial charge in [0.05, 0.1) is 5.56 Å². The Bertz CT molecular complexity index is 460. The molecular formula is C14H18N2O. The molecule has 0 radical (unpaired) electrons. The van der Waals surface area contributed by atoms with E-state index < -0.39 is 0 Å². The summed E-state index contributed by atoms with van der Waals surface area (Å²) in [5, 5.41) is 0. The van der Waals surface area contributed by atoms with E-state index in [4.69, 9.17) is 0 Å². The predicted octanol–water partition coefficient (Wildman–Crippen LogP) is 3.19. The van der Waals surface area contributed by atoms with E-state index in [0.717, 1.165) is 18.4 Å². The predicted molar refractivity (Wildman–Crippen MR) is 66.7 cm³/mol. The number of rotatable bonds is 2. The molecule has 0 N–H and O–H groups in total. The van der Waals surface area contributed by atoms with Gasteiger partial charge in [0.25, 0.3) is 0 Å². The zero-order chi connectivity index (χ0) is 12.5. The Morgan fingerprint density at radius 1 is 1.29 bits per heavy atom. The highest BCUT2D eigenvalue weighted by Crippen LogP contribution is 2.41. The molecule has 0 unspecified atom stereocenters. The van der Waals surface area contributed by atoms with E-state index in [1.807, 2.05) is 0 Å². The number of carbonyl (C=O) groups is 1. The molecule has 3 heteroatoms. The van der Waals surface area contributed by atoms with Gasteiger partial charge in [0, 0.05) is 18.0 Å². The summed E-state index contributed by atoms with van der Waals surface area (Å²) in [6.07, 6.45) is 7.91. The first-order valence-corrected chi connectivity index (χ1v) is 6.02. The van der Waals surface area contributed by atoms with E-state index in [2.05, 4.69) is 30.7 Å². The highest BCUT2D eigenvalue weighted by Gasteiger charge is 2.33. The first-order valence-electron chi connectivity index (χ1n) is 6.02. The van der Waals surface area contributed by atoms with Gasteiger partial charge in [-0.15, -0.1) is 0 Å². The molecule has 0 aliphatic heterocycles. The topological polar surface area (TPSA) is 42.9 Å². The number of hydrogen-bond acceptors (Lipinski definition) is 3. The average molecular weight is 230 g/mol. The normalized spacial score (nSPS) is 19.2. The van der Waals surface area contributed by atoms with Gasteiger partial charge in [0.2, 0.25) is 0 Å². The quantitative estimate of drug-likeness (QED) is 0.733. The largest absolute Gasteiger partial charge is 0.289 e. The van der Waals surface area contributed by atoms with Crippen LogP contribution in [0.4, 0.5) is 0 Å². The van der Waals surface area contributed by atoms with Gasteiger partial charge in [0.1, 0.15) is 6.33 Å². The maximum atomic E-state index is 12.5. The summed E-state index contributed by atoms with van der Waals surface area (Å²) in [7, 11) is 0. The van der Waals surface area contributed by atoms with Crippen molar-refractivity contribution in [3.05, 3.63) is 35.4 Å². The van der Waals surface area contributed by atoms with Crippen LogP contribution in [0.3, 0.4) is 0 Å². The van der Waals surface area contributed by atoms with Crippen molar-refractivity contribution in [1.82, 2.24) is 9.97 Å². The van der Waals surface area contributed by atoms with E-state index in [-0.39, 0.29) is 11.2 Å². The molecule has 2 rings (SSSR count). The van der Waals surface area contributed by atoms with Crippen LogP contribution in [0, 0.1) is 5.41 Å². The molecule has 1 aromatic heterocycles. The molecule has 1 aromatic rings. The average Bonchev–Trinajstić information content (AvgIpc) is 2.28. The van der Waals surface area contributed by atoms with Crippen molar-refractivity contribution >= 4 is 5.78 Å². The molecule has 0 atom stereocenters. The van der Waals surface area contributed by atoms with Crippen molar-refractivity contribution in [3.8, 4) is 0 Å². The van der Waals surface area contributed by atoms with Crippen molar-refractivity contribution in [2.45, 2.75) is 40.0 Å². The Morgan fingerprint density at radius 2 is 1.94 bits per heavy atom. The first-order chi connectivity index (χ1) is 8.02. The third-order valence-corrected chi connectivity index (χ3v) is 3.51.